The lowest BCUT2D eigenvalue weighted by Gasteiger charge is -2.07. The number of para-hydroxylation sites is 2. The second-order valence-electron chi connectivity index (χ2n) is 5.01. The van der Waals surface area contributed by atoms with Crippen molar-refractivity contribution in [3.63, 3.8) is 0 Å². The number of hydrogen-bond donors (Lipinski definition) is 0. The minimum Gasteiger partial charge on any atom is -0.490 e. The lowest BCUT2D eigenvalue weighted by atomic mass is 10.3. The van der Waals surface area contributed by atoms with Gasteiger partial charge in [0.1, 0.15) is 29.8 Å². The van der Waals surface area contributed by atoms with Gasteiger partial charge in [0.2, 0.25) is 0 Å². The van der Waals surface area contributed by atoms with Gasteiger partial charge < -0.3 is 9.47 Å². The second kappa shape index (κ2) is 8.43. The van der Waals surface area contributed by atoms with Gasteiger partial charge in [0.05, 0.1) is 23.0 Å². The lowest BCUT2D eigenvalue weighted by molar-refractivity contribution is -0.141. The SMILES string of the molecule is O=C(CSc1cnc2ccccc2n1)OCCOc1ccc(F)cc1. The molecule has 0 aliphatic heterocycles. The van der Waals surface area contributed by atoms with Crippen LogP contribution in [0.1, 0.15) is 0 Å². The van der Waals surface area contributed by atoms with Gasteiger partial charge in [0.25, 0.3) is 0 Å². The first-order valence-electron chi connectivity index (χ1n) is 7.59. The third-order valence-electron chi connectivity index (χ3n) is 3.19. The van der Waals surface area contributed by atoms with Crippen molar-refractivity contribution in [2.24, 2.45) is 0 Å². The zero-order valence-corrected chi connectivity index (χ0v) is 14.0. The van der Waals surface area contributed by atoms with Crippen LogP contribution in [0.25, 0.3) is 11.0 Å². The monoisotopic (exact) mass is 358 g/mol. The Morgan fingerprint density at radius 2 is 1.80 bits per heavy atom. The molecule has 0 N–H and O–H groups in total. The number of ether oxygens (including phenoxy) is 2. The number of benzene rings is 2. The second-order valence-corrected chi connectivity index (χ2v) is 6.00. The molecule has 0 fully saturated rings. The number of nitrogens with zero attached hydrogens (tertiary/aromatic N) is 2. The molecule has 0 bridgehead atoms. The standard InChI is InChI=1S/C18H15FN2O3S/c19-13-5-7-14(8-6-13)23-9-10-24-18(22)12-25-17-11-20-15-3-1-2-4-16(15)21-17/h1-8,11H,9-10,12H2. The number of carbonyl (C=O) groups excluding carboxylic acids is 1. The van der Waals surface area contributed by atoms with Gasteiger partial charge in [-0.1, -0.05) is 23.9 Å². The normalized spacial score (nSPS) is 10.6. The largest absolute Gasteiger partial charge is 0.490 e. The number of halogens is 1. The molecule has 0 spiro atoms. The number of carbonyl (C=O) groups is 1. The van der Waals surface area contributed by atoms with E-state index in [4.69, 9.17) is 9.47 Å². The molecule has 2 aromatic carbocycles. The molecule has 0 saturated heterocycles. The summed E-state index contributed by atoms with van der Waals surface area (Å²) in [5.74, 6) is -0.0163. The van der Waals surface area contributed by atoms with Crippen LogP contribution in [0, 0.1) is 5.82 Å². The van der Waals surface area contributed by atoms with Crippen molar-refractivity contribution in [3.8, 4) is 5.75 Å². The summed E-state index contributed by atoms with van der Waals surface area (Å²) in [6.07, 6.45) is 1.64. The smallest absolute Gasteiger partial charge is 0.316 e. The third kappa shape index (κ3) is 5.15. The van der Waals surface area contributed by atoms with Crippen molar-refractivity contribution in [2.45, 2.75) is 5.03 Å². The van der Waals surface area contributed by atoms with Crippen LogP contribution in [0.5, 0.6) is 5.75 Å². The number of hydrogen-bond acceptors (Lipinski definition) is 6. The highest BCUT2D eigenvalue weighted by molar-refractivity contribution is 7.99. The third-order valence-corrected chi connectivity index (χ3v) is 4.07. The highest BCUT2D eigenvalue weighted by Gasteiger charge is 2.07. The van der Waals surface area contributed by atoms with Gasteiger partial charge in [0.15, 0.2) is 0 Å². The van der Waals surface area contributed by atoms with Crippen LogP contribution >= 0.6 is 11.8 Å². The first-order chi connectivity index (χ1) is 12.2. The maximum absolute atomic E-state index is 12.8. The van der Waals surface area contributed by atoms with E-state index in [1.54, 1.807) is 6.20 Å². The van der Waals surface area contributed by atoms with Gasteiger partial charge in [-0.3, -0.25) is 9.78 Å². The number of aromatic nitrogens is 2. The van der Waals surface area contributed by atoms with Crippen molar-refractivity contribution >= 4 is 28.8 Å². The van der Waals surface area contributed by atoms with Gasteiger partial charge >= 0.3 is 5.97 Å². The van der Waals surface area contributed by atoms with Crippen molar-refractivity contribution in [2.75, 3.05) is 19.0 Å². The fourth-order valence-corrected chi connectivity index (χ4v) is 2.67. The van der Waals surface area contributed by atoms with Gasteiger partial charge in [-0.25, -0.2) is 9.37 Å². The van der Waals surface area contributed by atoms with Crippen LogP contribution in [-0.2, 0) is 9.53 Å². The predicted molar refractivity (Wildman–Crippen MR) is 93.1 cm³/mol. The Bertz CT molecular complexity index is 858. The van der Waals surface area contributed by atoms with E-state index < -0.39 is 0 Å². The highest BCUT2D eigenvalue weighted by atomic mass is 32.2. The zero-order valence-electron chi connectivity index (χ0n) is 13.2. The van der Waals surface area contributed by atoms with E-state index in [1.165, 1.54) is 36.0 Å². The van der Waals surface area contributed by atoms with Crippen molar-refractivity contribution in [1.29, 1.82) is 0 Å². The van der Waals surface area contributed by atoms with Crippen molar-refractivity contribution < 1.29 is 18.7 Å². The number of fused-ring (bicyclic) bond motifs is 1. The van der Waals surface area contributed by atoms with Crippen LogP contribution in [0.4, 0.5) is 4.39 Å². The summed E-state index contributed by atoms with van der Waals surface area (Å²) < 4.78 is 23.2. The van der Waals surface area contributed by atoms with E-state index in [0.29, 0.717) is 10.8 Å². The quantitative estimate of drug-likeness (QED) is 0.366. The minimum atomic E-state index is -0.359. The Labute approximate surface area is 148 Å². The summed E-state index contributed by atoms with van der Waals surface area (Å²) in [5, 5.41) is 0.665. The zero-order chi connectivity index (χ0) is 17.5. The molecule has 0 aliphatic rings. The molecule has 1 heterocycles. The average molecular weight is 358 g/mol. The summed E-state index contributed by atoms with van der Waals surface area (Å²) in [6, 6.07) is 13.2. The molecule has 5 nitrogen and oxygen atoms in total. The Morgan fingerprint density at radius 1 is 1.04 bits per heavy atom. The molecule has 0 aliphatic carbocycles. The Morgan fingerprint density at radius 3 is 2.60 bits per heavy atom. The van der Waals surface area contributed by atoms with Crippen LogP contribution in [0.3, 0.4) is 0 Å². The van der Waals surface area contributed by atoms with Crippen LogP contribution in [0.2, 0.25) is 0 Å². The maximum atomic E-state index is 12.8. The number of esters is 1. The topological polar surface area (TPSA) is 61.3 Å². The average Bonchev–Trinajstić information content (AvgIpc) is 2.65. The van der Waals surface area contributed by atoms with Crippen molar-refractivity contribution in [3.05, 3.63) is 60.5 Å². The minimum absolute atomic E-state index is 0.125. The predicted octanol–water partition coefficient (Wildman–Crippen LogP) is 3.48. The van der Waals surface area contributed by atoms with Crippen LogP contribution in [0.15, 0.2) is 59.8 Å². The molecular weight excluding hydrogens is 343 g/mol. The molecule has 3 rings (SSSR count). The van der Waals surface area contributed by atoms with E-state index in [1.807, 2.05) is 24.3 Å². The van der Waals surface area contributed by atoms with E-state index in [-0.39, 0.29) is 30.8 Å². The molecule has 0 saturated carbocycles. The molecule has 0 radical (unpaired) electrons. The maximum Gasteiger partial charge on any atom is 0.316 e. The first kappa shape index (κ1) is 17.2. The van der Waals surface area contributed by atoms with E-state index >= 15 is 0 Å². The lowest BCUT2D eigenvalue weighted by Crippen LogP contribution is -2.13. The Hall–Kier alpha value is -2.67. The molecule has 1 aromatic heterocycles. The molecule has 0 atom stereocenters. The fraction of sp³-hybridized carbons (Fsp3) is 0.167. The molecule has 0 amide bonds. The fourth-order valence-electron chi connectivity index (χ4n) is 2.03. The van der Waals surface area contributed by atoms with E-state index in [0.717, 1.165) is 11.0 Å². The summed E-state index contributed by atoms with van der Waals surface area (Å²) >= 11 is 1.27. The van der Waals surface area contributed by atoms with Gasteiger partial charge in [-0.2, -0.15) is 0 Å². The number of rotatable bonds is 7. The van der Waals surface area contributed by atoms with Crippen LogP contribution in [-0.4, -0.2) is 34.9 Å². The summed E-state index contributed by atoms with van der Waals surface area (Å²) in [6.45, 7) is 0.331. The summed E-state index contributed by atoms with van der Waals surface area (Å²) in [5.41, 5.74) is 1.60. The number of thioether (sulfide) groups is 1. The Kier molecular flexibility index (Phi) is 5.79. The summed E-state index contributed by atoms with van der Waals surface area (Å²) in [4.78, 5) is 20.5. The van der Waals surface area contributed by atoms with Crippen molar-refractivity contribution in [1.82, 2.24) is 9.97 Å². The van der Waals surface area contributed by atoms with Gasteiger partial charge in [0, 0.05) is 0 Å². The van der Waals surface area contributed by atoms with Crippen LogP contribution < -0.4 is 4.74 Å². The summed E-state index contributed by atoms with van der Waals surface area (Å²) in [7, 11) is 0. The molecule has 0 unspecified atom stereocenters. The molecule has 3 aromatic rings. The highest BCUT2D eigenvalue weighted by Crippen LogP contribution is 2.18. The van der Waals surface area contributed by atoms with Gasteiger partial charge in [-0.15, -0.1) is 0 Å². The van der Waals surface area contributed by atoms with E-state index in [2.05, 4.69) is 9.97 Å². The van der Waals surface area contributed by atoms with Gasteiger partial charge in [-0.05, 0) is 36.4 Å². The van der Waals surface area contributed by atoms with E-state index in [9.17, 15) is 9.18 Å². The molecule has 7 heteroatoms. The first-order valence-corrected chi connectivity index (χ1v) is 8.58. The molecular formula is C18H15FN2O3S. The molecule has 25 heavy (non-hydrogen) atoms. The molecule has 128 valence electrons. The Balaban J connectivity index is 1.39.